The van der Waals surface area contributed by atoms with Gasteiger partial charge in [-0.1, -0.05) is 27.2 Å². The molecule has 0 aromatic carbocycles. The van der Waals surface area contributed by atoms with E-state index >= 15 is 0 Å². The fraction of sp³-hybridized carbons (Fsp3) is 0.667. The van der Waals surface area contributed by atoms with Gasteiger partial charge in [0.1, 0.15) is 17.3 Å². The van der Waals surface area contributed by atoms with Gasteiger partial charge in [-0.15, -0.1) is 0 Å². The Kier molecular flexibility index (Phi) is 5.12. The highest BCUT2D eigenvalue weighted by Crippen LogP contribution is 2.24. The van der Waals surface area contributed by atoms with Crippen LogP contribution in [0.25, 0.3) is 0 Å². The monoisotopic (exact) mass is 292 g/mol. The lowest BCUT2D eigenvalue weighted by Gasteiger charge is -2.23. The minimum absolute atomic E-state index is 0.0426. The van der Waals surface area contributed by atoms with Gasteiger partial charge in [0.05, 0.1) is 12.6 Å². The van der Waals surface area contributed by atoms with Crippen LogP contribution in [0.1, 0.15) is 61.4 Å². The zero-order valence-corrected chi connectivity index (χ0v) is 12.9. The number of aromatic nitrogens is 2. The second kappa shape index (κ2) is 6.85. The van der Waals surface area contributed by atoms with Crippen LogP contribution in [0.15, 0.2) is 0 Å². The van der Waals surface area contributed by atoms with E-state index in [9.17, 15) is 9.90 Å². The Morgan fingerprint density at radius 1 is 1.38 bits per heavy atom. The van der Waals surface area contributed by atoms with Crippen LogP contribution in [0.5, 0.6) is 0 Å². The van der Waals surface area contributed by atoms with E-state index in [1.165, 1.54) is 0 Å². The SMILES string of the molecule is CCCC(CO)Nc1nc(C(C)C)nc2c1CCNC2=O. The van der Waals surface area contributed by atoms with Crippen LogP contribution in [0.2, 0.25) is 0 Å². The van der Waals surface area contributed by atoms with Crippen molar-refractivity contribution in [3.63, 3.8) is 0 Å². The van der Waals surface area contributed by atoms with Gasteiger partial charge in [-0.3, -0.25) is 4.79 Å². The number of carbonyl (C=O) groups excluding carboxylic acids is 1. The average molecular weight is 292 g/mol. The van der Waals surface area contributed by atoms with Gasteiger partial charge in [-0.05, 0) is 12.8 Å². The Bertz CT molecular complexity index is 517. The summed E-state index contributed by atoms with van der Waals surface area (Å²) in [6.07, 6.45) is 2.55. The summed E-state index contributed by atoms with van der Waals surface area (Å²) in [7, 11) is 0. The van der Waals surface area contributed by atoms with Gasteiger partial charge < -0.3 is 15.7 Å². The first-order valence-electron chi connectivity index (χ1n) is 7.63. The minimum atomic E-state index is -0.139. The topological polar surface area (TPSA) is 87.1 Å². The standard InChI is InChI=1S/C15H24N4O2/c1-4-5-10(8-20)17-14-11-6-7-16-15(21)12(11)18-13(19-14)9(2)3/h9-10,20H,4-8H2,1-3H3,(H,16,21)(H,17,18,19). The van der Waals surface area contributed by atoms with Crippen molar-refractivity contribution in [3.05, 3.63) is 17.1 Å². The number of hydrogen-bond donors (Lipinski definition) is 3. The molecule has 0 radical (unpaired) electrons. The van der Waals surface area contributed by atoms with Crippen molar-refractivity contribution < 1.29 is 9.90 Å². The van der Waals surface area contributed by atoms with Gasteiger partial charge in [-0.25, -0.2) is 9.97 Å². The molecule has 116 valence electrons. The van der Waals surface area contributed by atoms with Gasteiger partial charge >= 0.3 is 0 Å². The summed E-state index contributed by atoms with van der Waals surface area (Å²) in [4.78, 5) is 21.0. The maximum Gasteiger partial charge on any atom is 0.270 e. The number of nitrogens with one attached hydrogen (secondary N) is 2. The molecule has 6 heteroatoms. The molecule has 1 unspecified atom stereocenters. The number of nitrogens with zero attached hydrogens (tertiary/aromatic N) is 2. The van der Waals surface area contributed by atoms with Gasteiger partial charge in [0, 0.05) is 18.0 Å². The van der Waals surface area contributed by atoms with Crippen LogP contribution in [-0.2, 0) is 6.42 Å². The molecule has 2 rings (SSSR count). The first kappa shape index (κ1) is 15.7. The quantitative estimate of drug-likeness (QED) is 0.739. The van der Waals surface area contributed by atoms with Crippen molar-refractivity contribution in [1.82, 2.24) is 15.3 Å². The van der Waals surface area contributed by atoms with Crippen LogP contribution in [0.4, 0.5) is 5.82 Å². The smallest absolute Gasteiger partial charge is 0.270 e. The van der Waals surface area contributed by atoms with Gasteiger partial charge in [0.25, 0.3) is 5.91 Å². The van der Waals surface area contributed by atoms with Crippen molar-refractivity contribution in [2.45, 2.75) is 52.0 Å². The number of carbonyl (C=O) groups is 1. The zero-order chi connectivity index (χ0) is 15.4. The molecule has 0 spiro atoms. The van der Waals surface area contributed by atoms with Crippen molar-refractivity contribution in [3.8, 4) is 0 Å². The number of amides is 1. The Balaban J connectivity index is 2.40. The maximum absolute atomic E-state index is 12.0. The van der Waals surface area contributed by atoms with Gasteiger partial charge in [0.15, 0.2) is 0 Å². The van der Waals surface area contributed by atoms with E-state index in [0.717, 1.165) is 18.4 Å². The molecule has 0 fully saturated rings. The molecule has 6 nitrogen and oxygen atoms in total. The van der Waals surface area contributed by atoms with E-state index in [4.69, 9.17) is 0 Å². The number of aliphatic hydroxyl groups excluding tert-OH is 1. The largest absolute Gasteiger partial charge is 0.394 e. The molecule has 2 heterocycles. The van der Waals surface area contributed by atoms with Gasteiger partial charge in [-0.2, -0.15) is 0 Å². The van der Waals surface area contributed by atoms with Crippen LogP contribution < -0.4 is 10.6 Å². The first-order chi connectivity index (χ1) is 10.1. The van der Waals surface area contributed by atoms with Gasteiger partial charge in [0.2, 0.25) is 0 Å². The molecule has 1 aromatic rings. The molecule has 0 saturated carbocycles. The fourth-order valence-corrected chi connectivity index (χ4v) is 2.44. The molecule has 1 amide bonds. The molecular formula is C15H24N4O2. The van der Waals surface area contributed by atoms with Crippen LogP contribution in [0, 0.1) is 0 Å². The predicted molar refractivity (Wildman–Crippen MR) is 81.6 cm³/mol. The summed E-state index contributed by atoms with van der Waals surface area (Å²) in [6.45, 7) is 6.73. The Morgan fingerprint density at radius 2 is 2.14 bits per heavy atom. The third-order valence-electron chi connectivity index (χ3n) is 3.61. The van der Waals surface area contributed by atoms with Crippen molar-refractivity contribution >= 4 is 11.7 Å². The summed E-state index contributed by atoms with van der Waals surface area (Å²) in [6, 6.07) is -0.0426. The molecule has 0 saturated heterocycles. The second-order valence-corrected chi connectivity index (χ2v) is 5.73. The lowest BCUT2D eigenvalue weighted by molar-refractivity contribution is 0.0940. The summed E-state index contributed by atoms with van der Waals surface area (Å²) in [5.74, 6) is 1.36. The summed E-state index contributed by atoms with van der Waals surface area (Å²) in [5.41, 5.74) is 1.33. The molecule has 1 atom stereocenters. The van der Waals surface area contributed by atoms with E-state index in [-0.39, 0.29) is 24.5 Å². The first-order valence-corrected chi connectivity index (χ1v) is 7.63. The fourth-order valence-electron chi connectivity index (χ4n) is 2.44. The highest BCUT2D eigenvalue weighted by molar-refractivity contribution is 5.96. The average Bonchev–Trinajstić information content (AvgIpc) is 2.47. The van der Waals surface area contributed by atoms with Crippen molar-refractivity contribution in [1.29, 1.82) is 0 Å². The minimum Gasteiger partial charge on any atom is -0.394 e. The lowest BCUT2D eigenvalue weighted by atomic mass is 10.0. The van der Waals surface area contributed by atoms with Crippen LogP contribution in [-0.4, -0.2) is 40.2 Å². The van der Waals surface area contributed by atoms with E-state index in [0.29, 0.717) is 30.3 Å². The Morgan fingerprint density at radius 3 is 2.76 bits per heavy atom. The molecule has 1 aliphatic rings. The molecular weight excluding hydrogens is 268 g/mol. The van der Waals surface area contributed by atoms with E-state index in [1.807, 2.05) is 13.8 Å². The second-order valence-electron chi connectivity index (χ2n) is 5.73. The Labute approximate surface area is 125 Å². The summed E-state index contributed by atoms with van der Waals surface area (Å²) < 4.78 is 0. The molecule has 1 aliphatic heterocycles. The highest BCUT2D eigenvalue weighted by Gasteiger charge is 2.25. The summed E-state index contributed by atoms with van der Waals surface area (Å²) >= 11 is 0. The third kappa shape index (κ3) is 3.50. The highest BCUT2D eigenvalue weighted by atomic mass is 16.3. The molecule has 3 N–H and O–H groups in total. The van der Waals surface area contributed by atoms with E-state index < -0.39 is 0 Å². The lowest BCUT2D eigenvalue weighted by Crippen LogP contribution is -2.35. The molecule has 21 heavy (non-hydrogen) atoms. The number of hydrogen-bond acceptors (Lipinski definition) is 5. The normalized spacial score (nSPS) is 15.6. The third-order valence-corrected chi connectivity index (χ3v) is 3.61. The Hall–Kier alpha value is -1.69. The number of aliphatic hydroxyl groups is 1. The zero-order valence-electron chi connectivity index (χ0n) is 12.9. The van der Waals surface area contributed by atoms with E-state index in [2.05, 4.69) is 27.5 Å². The van der Waals surface area contributed by atoms with Crippen molar-refractivity contribution in [2.24, 2.45) is 0 Å². The number of anilines is 1. The molecule has 0 bridgehead atoms. The number of rotatable bonds is 6. The predicted octanol–water partition coefficient (Wildman–Crippen LogP) is 1.46. The molecule has 1 aromatic heterocycles. The van der Waals surface area contributed by atoms with Crippen LogP contribution in [0.3, 0.4) is 0 Å². The summed E-state index contributed by atoms with van der Waals surface area (Å²) in [5, 5.41) is 15.6. The number of fused-ring (bicyclic) bond motifs is 1. The molecule has 0 aliphatic carbocycles. The van der Waals surface area contributed by atoms with Crippen molar-refractivity contribution in [2.75, 3.05) is 18.5 Å². The van der Waals surface area contributed by atoms with E-state index in [1.54, 1.807) is 0 Å². The maximum atomic E-state index is 12.0. The van der Waals surface area contributed by atoms with Crippen LogP contribution >= 0.6 is 0 Å².